The summed E-state index contributed by atoms with van der Waals surface area (Å²) in [4.78, 5) is 9.32. The molecule has 0 unspecified atom stereocenters. The van der Waals surface area contributed by atoms with Gasteiger partial charge in [0.25, 0.3) is 0 Å². The summed E-state index contributed by atoms with van der Waals surface area (Å²) in [6.45, 7) is 1.34. The van der Waals surface area contributed by atoms with Gasteiger partial charge in [0.1, 0.15) is 5.82 Å². The molecule has 0 aliphatic rings. The number of benzene rings is 3. The number of aromatic nitrogens is 2. The molecule has 1 heterocycles. The Balaban J connectivity index is 1.56. The van der Waals surface area contributed by atoms with E-state index >= 15 is 0 Å². The zero-order chi connectivity index (χ0) is 18.5. The van der Waals surface area contributed by atoms with Crippen LogP contribution in [0.1, 0.15) is 11.1 Å². The molecule has 0 saturated carbocycles. The van der Waals surface area contributed by atoms with Crippen LogP contribution in [0, 0.1) is 0 Å². The number of anilines is 2. The minimum Gasteiger partial charge on any atom is -0.365 e. The highest BCUT2D eigenvalue weighted by Crippen LogP contribution is 2.23. The van der Waals surface area contributed by atoms with Gasteiger partial charge in [0.15, 0.2) is 0 Å². The summed E-state index contributed by atoms with van der Waals surface area (Å²) in [7, 11) is 0. The number of para-hydroxylation sites is 1. The van der Waals surface area contributed by atoms with Crippen LogP contribution in [0.5, 0.6) is 0 Å². The van der Waals surface area contributed by atoms with Crippen molar-refractivity contribution in [2.24, 2.45) is 0 Å². The van der Waals surface area contributed by atoms with E-state index in [9.17, 15) is 0 Å². The zero-order valence-electron chi connectivity index (χ0n) is 14.7. The van der Waals surface area contributed by atoms with E-state index in [1.165, 1.54) is 5.56 Å². The Morgan fingerprint density at radius 3 is 2.15 bits per heavy atom. The van der Waals surface area contributed by atoms with Crippen molar-refractivity contribution in [3.63, 3.8) is 0 Å². The maximum absolute atomic E-state index is 5.95. The fraction of sp³-hybridized carbons (Fsp3) is 0.0909. The lowest BCUT2D eigenvalue weighted by atomic mass is 10.2. The van der Waals surface area contributed by atoms with Gasteiger partial charge in [-0.3, -0.25) is 0 Å². The van der Waals surface area contributed by atoms with Gasteiger partial charge < -0.3 is 10.6 Å². The molecule has 0 saturated heterocycles. The second kappa shape index (κ2) is 8.06. The van der Waals surface area contributed by atoms with Crippen molar-refractivity contribution in [1.82, 2.24) is 9.97 Å². The average molecular weight is 375 g/mol. The third-order valence-electron chi connectivity index (χ3n) is 4.27. The topological polar surface area (TPSA) is 49.8 Å². The molecule has 1 aromatic heterocycles. The van der Waals surface area contributed by atoms with Gasteiger partial charge in [-0.1, -0.05) is 66.2 Å². The molecule has 0 bridgehead atoms. The van der Waals surface area contributed by atoms with Crippen LogP contribution >= 0.6 is 11.6 Å². The van der Waals surface area contributed by atoms with E-state index in [-0.39, 0.29) is 0 Å². The summed E-state index contributed by atoms with van der Waals surface area (Å²) in [5.74, 6) is 1.42. The van der Waals surface area contributed by atoms with Crippen LogP contribution in [0.15, 0.2) is 78.9 Å². The molecule has 0 fully saturated rings. The largest absolute Gasteiger partial charge is 0.365 e. The van der Waals surface area contributed by atoms with E-state index < -0.39 is 0 Å². The van der Waals surface area contributed by atoms with Crippen LogP contribution in [0.2, 0.25) is 5.02 Å². The Morgan fingerprint density at radius 2 is 1.33 bits per heavy atom. The molecule has 2 N–H and O–H groups in total. The van der Waals surface area contributed by atoms with Gasteiger partial charge in [-0.05, 0) is 35.4 Å². The average Bonchev–Trinajstić information content (AvgIpc) is 2.72. The van der Waals surface area contributed by atoms with E-state index in [1.54, 1.807) is 0 Å². The molecule has 4 nitrogen and oxygen atoms in total. The van der Waals surface area contributed by atoms with Gasteiger partial charge in [-0.15, -0.1) is 0 Å². The second-order valence-electron chi connectivity index (χ2n) is 6.23. The first-order chi connectivity index (χ1) is 13.3. The van der Waals surface area contributed by atoms with Crippen LogP contribution in [-0.2, 0) is 13.1 Å². The SMILES string of the molecule is Clc1ccc(CNc2nc(NCc3ccccc3)c3ccccc3n2)cc1. The number of nitrogens with zero attached hydrogens (tertiary/aromatic N) is 2. The van der Waals surface area contributed by atoms with Crippen molar-refractivity contribution in [1.29, 1.82) is 0 Å². The molecule has 27 heavy (non-hydrogen) atoms. The maximum Gasteiger partial charge on any atom is 0.225 e. The first-order valence-electron chi connectivity index (χ1n) is 8.81. The Hall–Kier alpha value is -3.11. The molecule has 0 atom stereocenters. The molecular formula is C22H19ClN4. The van der Waals surface area contributed by atoms with Crippen molar-refractivity contribution in [2.75, 3.05) is 10.6 Å². The fourth-order valence-corrected chi connectivity index (χ4v) is 2.98. The third kappa shape index (κ3) is 4.36. The number of halogens is 1. The first kappa shape index (κ1) is 17.3. The van der Waals surface area contributed by atoms with Crippen molar-refractivity contribution in [3.05, 3.63) is 95.0 Å². The van der Waals surface area contributed by atoms with Gasteiger partial charge >= 0.3 is 0 Å². The number of fused-ring (bicyclic) bond motifs is 1. The van der Waals surface area contributed by atoms with E-state index in [0.29, 0.717) is 19.0 Å². The van der Waals surface area contributed by atoms with Crippen molar-refractivity contribution < 1.29 is 0 Å². The maximum atomic E-state index is 5.95. The summed E-state index contributed by atoms with van der Waals surface area (Å²) >= 11 is 5.95. The van der Waals surface area contributed by atoms with E-state index in [2.05, 4.69) is 32.7 Å². The van der Waals surface area contributed by atoms with Gasteiger partial charge in [0.05, 0.1) is 5.52 Å². The Bertz CT molecular complexity index is 1030. The summed E-state index contributed by atoms with van der Waals surface area (Å²) < 4.78 is 0. The van der Waals surface area contributed by atoms with Gasteiger partial charge in [-0.25, -0.2) is 4.98 Å². The van der Waals surface area contributed by atoms with Crippen LogP contribution in [-0.4, -0.2) is 9.97 Å². The summed E-state index contributed by atoms with van der Waals surface area (Å²) in [5, 5.41) is 8.48. The molecule has 4 rings (SSSR count). The quantitative estimate of drug-likeness (QED) is 0.467. The molecule has 134 valence electrons. The third-order valence-corrected chi connectivity index (χ3v) is 4.52. The molecular weight excluding hydrogens is 356 g/mol. The number of nitrogens with one attached hydrogen (secondary N) is 2. The van der Waals surface area contributed by atoms with E-state index in [0.717, 1.165) is 27.3 Å². The lowest BCUT2D eigenvalue weighted by Gasteiger charge is -2.12. The lowest BCUT2D eigenvalue weighted by Crippen LogP contribution is -2.08. The minimum atomic E-state index is 0.596. The molecule has 0 spiro atoms. The van der Waals surface area contributed by atoms with Crippen LogP contribution < -0.4 is 10.6 Å². The summed E-state index contributed by atoms with van der Waals surface area (Å²) in [5.41, 5.74) is 3.23. The first-order valence-corrected chi connectivity index (χ1v) is 9.18. The summed E-state index contributed by atoms with van der Waals surface area (Å²) in [6, 6.07) is 26.0. The highest BCUT2D eigenvalue weighted by atomic mass is 35.5. The molecule has 0 aliphatic carbocycles. The fourth-order valence-electron chi connectivity index (χ4n) is 2.86. The molecule has 0 aliphatic heterocycles. The molecule has 0 radical (unpaired) electrons. The Morgan fingerprint density at radius 1 is 0.667 bits per heavy atom. The van der Waals surface area contributed by atoms with Gasteiger partial charge in [0, 0.05) is 23.5 Å². The van der Waals surface area contributed by atoms with E-state index in [1.807, 2.05) is 66.7 Å². The Kier molecular flexibility index (Phi) is 5.17. The van der Waals surface area contributed by atoms with Crippen molar-refractivity contribution in [3.8, 4) is 0 Å². The standard InChI is InChI=1S/C22H19ClN4/c23-18-12-10-17(11-13-18)15-25-22-26-20-9-5-4-8-19(20)21(27-22)24-14-16-6-2-1-3-7-16/h1-13H,14-15H2,(H2,24,25,26,27). The summed E-state index contributed by atoms with van der Waals surface area (Å²) in [6.07, 6.45) is 0. The van der Waals surface area contributed by atoms with Crippen LogP contribution in [0.4, 0.5) is 11.8 Å². The highest BCUT2D eigenvalue weighted by Gasteiger charge is 2.07. The number of hydrogen-bond acceptors (Lipinski definition) is 4. The van der Waals surface area contributed by atoms with Gasteiger partial charge in [-0.2, -0.15) is 4.98 Å². The molecule has 4 aromatic rings. The van der Waals surface area contributed by atoms with Crippen molar-refractivity contribution in [2.45, 2.75) is 13.1 Å². The lowest BCUT2D eigenvalue weighted by molar-refractivity contribution is 1.05. The molecule has 0 amide bonds. The van der Waals surface area contributed by atoms with E-state index in [4.69, 9.17) is 11.6 Å². The van der Waals surface area contributed by atoms with Crippen molar-refractivity contribution >= 4 is 34.3 Å². The number of hydrogen-bond donors (Lipinski definition) is 2. The smallest absolute Gasteiger partial charge is 0.225 e. The van der Waals surface area contributed by atoms with Crippen LogP contribution in [0.25, 0.3) is 10.9 Å². The number of rotatable bonds is 6. The predicted octanol–water partition coefficient (Wildman–Crippen LogP) is 5.51. The Labute approximate surface area is 163 Å². The minimum absolute atomic E-state index is 0.596. The normalized spacial score (nSPS) is 10.7. The predicted molar refractivity (Wildman–Crippen MR) is 112 cm³/mol. The van der Waals surface area contributed by atoms with Gasteiger partial charge in [0.2, 0.25) is 5.95 Å². The zero-order valence-corrected chi connectivity index (χ0v) is 15.4. The molecule has 5 heteroatoms. The highest BCUT2D eigenvalue weighted by molar-refractivity contribution is 6.30. The second-order valence-corrected chi connectivity index (χ2v) is 6.67. The molecule has 3 aromatic carbocycles. The monoisotopic (exact) mass is 374 g/mol. The van der Waals surface area contributed by atoms with Crippen LogP contribution in [0.3, 0.4) is 0 Å².